The summed E-state index contributed by atoms with van der Waals surface area (Å²) in [6.07, 6.45) is 0. The summed E-state index contributed by atoms with van der Waals surface area (Å²) in [6.45, 7) is 1.49. The third-order valence-corrected chi connectivity index (χ3v) is 1.93. The molecule has 15 heavy (non-hydrogen) atoms. The number of nitrogens with one attached hydrogen (secondary N) is 1. The fourth-order valence-corrected chi connectivity index (χ4v) is 1.05. The molecule has 2 amide bonds. The Morgan fingerprint density at radius 3 is 2.47 bits per heavy atom. The average Bonchev–Trinajstić information content (AvgIpc) is 2.18. The van der Waals surface area contributed by atoms with Gasteiger partial charge in [-0.15, -0.1) is 0 Å². The minimum absolute atomic E-state index is 0.0176. The van der Waals surface area contributed by atoms with Crippen LogP contribution < -0.4 is 5.32 Å². The van der Waals surface area contributed by atoms with Crippen LogP contribution in [0.25, 0.3) is 0 Å². The highest BCUT2D eigenvalue weighted by Gasteiger charge is 2.05. The number of benzene rings is 1. The maximum Gasteiger partial charge on any atom is 0.321 e. The SMILES string of the molecule is CC(=O)c1cccc(NC(=O)N(C)C)c1. The number of nitrogens with zero attached hydrogens (tertiary/aromatic N) is 1. The van der Waals surface area contributed by atoms with E-state index in [0.717, 1.165) is 0 Å². The molecule has 0 aliphatic carbocycles. The van der Waals surface area contributed by atoms with Crippen LogP contribution >= 0.6 is 0 Å². The second kappa shape index (κ2) is 4.59. The van der Waals surface area contributed by atoms with Crippen LogP contribution in [0.1, 0.15) is 17.3 Å². The van der Waals surface area contributed by atoms with Crippen molar-refractivity contribution in [3.8, 4) is 0 Å². The second-order valence-corrected chi connectivity index (χ2v) is 3.46. The fraction of sp³-hybridized carbons (Fsp3) is 0.273. The minimum Gasteiger partial charge on any atom is -0.331 e. The molecule has 4 heteroatoms. The standard InChI is InChI=1S/C11H14N2O2/c1-8(14)9-5-4-6-10(7-9)12-11(15)13(2)3/h4-7H,1-3H3,(H,12,15). The van der Waals surface area contributed by atoms with Crippen molar-refractivity contribution in [3.05, 3.63) is 29.8 Å². The molecule has 0 unspecified atom stereocenters. The van der Waals surface area contributed by atoms with Crippen LogP contribution in [0.15, 0.2) is 24.3 Å². The predicted octanol–water partition coefficient (Wildman–Crippen LogP) is 1.98. The molecule has 0 aromatic heterocycles. The highest BCUT2D eigenvalue weighted by Crippen LogP contribution is 2.11. The molecular formula is C11H14N2O2. The summed E-state index contributed by atoms with van der Waals surface area (Å²) in [6, 6.07) is 6.64. The Hall–Kier alpha value is -1.84. The van der Waals surface area contributed by atoms with Crippen molar-refractivity contribution in [2.24, 2.45) is 0 Å². The molecule has 0 heterocycles. The highest BCUT2D eigenvalue weighted by atomic mass is 16.2. The van der Waals surface area contributed by atoms with E-state index in [-0.39, 0.29) is 11.8 Å². The quantitative estimate of drug-likeness (QED) is 0.752. The van der Waals surface area contributed by atoms with Crippen molar-refractivity contribution in [3.63, 3.8) is 0 Å². The zero-order valence-electron chi connectivity index (χ0n) is 9.07. The topological polar surface area (TPSA) is 49.4 Å². The molecule has 0 saturated heterocycles. The predicted molar refractivity (Wildman–Crippen MR) is 59.2 cm³/mol. The van der Waals surface area contributed by atoms with Crippen molar-refractivity contribution < 1.29 is 9.59 Å². The molecule has 0 saturated carbocycles. The molecule has 1 N–H and O–H groups in total. The second-order valence-electron chi connectivity index (χ2n) is 3.46. The van der Waals surface area contributed by atoms with E-state index in [4.69, 9.17) is 0 Å². The summed E-state index contributed by atoms with van der Waals surface area (Å²) in [4.78, 5) is 23.8. The number of amides is 2. The molecule has 1 rings (SSSR count). The lowest BCUT2D eigenvalue weighted by Crippen LogP contribution is -2.27. The van der Waals surface area contributed by atoms with E-state index in [2.05, 4.69) is 5.32 Å². The van der Waals surface area contributed by atoms with Crippen LogP contribution in [0.4, 0.5) is 10.5 Å². The van der Waals surface area contributed by atoms with Crippen LogP contribution in [0, 0.1) is 0 Å². The third-order valence-electron chi connectivity index (χ3n) is 1.93. The van der Waals surface area contributed by atoms with Crippen molar-refractivity contribution in [1.82, 2.24) is 4.90 Å². The van der Waals surface area contributed by atoms with Crippen molar-refractivity contribution in [2.45, 2.75) is 6.92 Å². The zero-order chi connectivity index (χ0) is 11.4. The van der Waals surface area contributed by atoms with E-state index >= 15 is 0 Å². The number of ketones is 1. The highest BCUT2D eigenvalue weighted by molar-refractivity contribution is 5.96. The van der Waals surface area contributed by atoms with Crippen molar-refractivity contribution in [1.29, 1.82) is 0 Å². The van der Waals surface area contributed by atoms with E-state index in [9.17, 15) is 9.59 Å². The Kier molecular flexibility index (Phi) is 3.44. The first-order chi connectivity index (χ1) is 7.00. The Labute approximate surface area is 88.9 Å². The lowest BCUT2D eigenvalue weighted by atomic mass is 10.1. The molecule has 0 bridgehead atoms. The van der Waals surface area contributed by atoms with Crippen molar-refractivity contribution in [2.75, 3.05) is 19.4 Å². The van der Waals surface area contributed by atoms with Crippen molar-refractivity contribution >= 4 is 17.5 Å². The van der Waals surface area contributed by atoms with E-state index in [1.807, 2.05) is 0 Å². The Morgan fingerprint density at radius 2 is 1.93 bits per heavy atom. The largest absolute Gasteiger partial charge is 0.331 e. The lowest BCUT2D eigenvalue weighted by molar-refractivity contribution is 0.101. The summed E-state index contributed by atoms with van der Waals surface area (Å²) >= 11 is 0. The number of urea groups is 1. The minimum atomic E-state index is -0.212. The van der Waals surface area contributed by atoms with Gasteiger partial charge in [-0.05, 0) is 19.1 Å². The van der Waals surface area contributed by atoms with Gasteiger partial charge in [0.15, 0.2) is 5.78 Å². The molecule has 1 aromatic rings. The van der Waals surface area contributed by atoms with E-state index in [1.54, 1.807) is 38.4 Å². The molecule has 0 aliphatic rings. The van der Waals surface area contributed by atoms with Gasteiger partial charge in [-0.25, -0.2) is 4.79 Å². The zero-order valence-corrected chi connectivity index (χ0v) is 9.07. The molecule has 0 radical (unpaired) electrons. The number of hydrogen-bond acceptors (Lipinski definition) is 2. The maximum absolute atomic E-state index is 11.3. The van der Waals surface area contributed by atoms with Gasteiger partial charge in [0.05, 0.1) is 0 Å². The van der Waals surface area contributed by atoms with E-state index < -0.39 is 0 Å². The average molecular weight is 206 g/mol. The lowest BCUT2D eigenvalue weighted by Gasteiger charge is -2.12. The maximum atomic E-state index is 11.3. The molecule has 4 nitrogen and oxygen atoms in total. The smallest absolute Gasteiger partial charge is 0.321 e. The van der Waals surface area contributed by atoms with Crippen LogP contribution in [-0.2, 0) is 0 Å². The van der Waals surface area contributed by atoms with Gasteiger partial charge in [0, 0.05) is 25.3 Å². The number of carbonyl (C=O) groups excluding carboxylic acids is 2. The van der Waals surface area contributed by atoms with Gasteiger partial charge in [0.2, 0.25) is 0 Å². The number of anilines is 1. The first-order valence-corrected chi connectivity index (χ1v) is 4.60. The third kappa shape index (κ3) is 3.09. The fourth-order valence-electron chi connectivity index (χ4n) is 1.05. The van der Waals surface area contributed by atoms with E-state index in [1.165, 1.54) is 11.8 Å². The Morgan fingerprint density at radius 1 is 1.27 bits per heavy atom. The Balaban J connectivity index is 2.83. The van der Waals surface area contributed by atoms with Gasteiger partial charge in [-0.2, -0.15) is 0 Å². The summed E-state index contributed by atoms with van der Waals surface area (Å²) in [5, 5.41) is 2.67. The van der Waals surface area contributed by atoms with Gasteiger partial charge in [0.1, 0.15) is 0 Å². The van der Waals surface area contributed by atoms with Gasteiger partial charge in [-0.3, -0.25) is 4.79 Å². The van der Waals surface area contributed by atoms with Gasteiger partial charge in [-0.1, -0.05) is 12.1 Å². The summed E-state index contributed by atoms with van der Waals surface area (Å²) in [5.74, 6) is -0.0176. The summed E-state index contributed by atoms with van der Waals surface area (Å²) in [5.41, 5.74) is 1.22. The first-order valence-electron chi connectivity index (χ1n) is 4.60. The molecule has 80 valence electrons. The van der Waals surface area contributed by atoms with Gasteiger partial charge < -0.3 is 10.2 Å². The molecule has 1 aromatic carbocycles. The molecule has 0 atom stereocenters. The van der Waals surface area contributed by atoms with Crippen LogP contribution in [0.3, 0.4) is 0 Å². The normalized spacial score (nSPS) is 9.53. The first kappa shape index (κ1) is 11.2. The molecular weight excluding hydrogens is 192 g/mol. The van der Waals surface area contributed by atoms with Gasteiger partial charge in [0.25, 0.3) is 0 Å². The van der Waals surface area contributed by atoms with Crippen LogP contribution in [-0.4, -0.2) is 30.8 Å². The van der Waals surface area contributed by atoms with Crippen LogP contribution in [0.5, 0.6) is 0 Å². The molecule has 0 aliphatic heterocycles. The van der Waals surface area contributed by atoms with Crippen LogP contribution in [0.2, 0.25) is 0 Å². The number of hydrogen-bond donors (Lipinski definition) is 1. The number of Topliss-reactive ketones (excluding diaryl/α,β-unsaturated/α-hetero) is 1. The summed E-state index contributed by atoms with van der Waals surface area (Å²) in [7, 11) is 3.31. The van der Waals surface area contributed by atoms with Gasteiger partial charge >= 0.3 is 6.03 Å². The Bertz CT molecular complexity index is 386. The molecule has 0 spiro atoms. The number of rotatable bonds is 2. The summed E-state index contributed by atoms with van der Waals surface area (Å²) < 4.78 is 0. The molecule has 0 fully saturated rings. The number of carbonyl (C=O) groups is 2. The van der Waals surface area contributed by atoms with E-state index in [0.29, 0.717) is 11.3 Å². The monoisotopic (exact) mass is 206 g/mol.